The Labute approximate surface area is 159 Å². The van der Waals surface area contributed by atoms with Crippen molar-refractivity contribution in [3.63, 3.8) is 0 Å². The van der Waals surface area contributed by atoms with Crippen molar-refractivity contribution < 1.29 is 4.79 Å². The fourth-order valence-electron chi connectivity index (χ4n) is 3.77. The molecule has 0 spiro atoms. The van der Waals surface area contributed by atoms with Crippen LogP contribution in [0.3, 0.4) is 0 Å². The summed E-state index contributed by atoms with van der Waals surface area (Å²) in [4.78, 5) is 24.8. The monoisotopic (exact) mass is 360 g/mol. The summed E-state index contributed by atoms with van der Waals surface area (Å²) in [6.07, 6.45) is 6.17. The summed E-state index contributed by atoms with van der Waals surface area (Å²) < 4.78 is 2.20. The van der Waals surface area contributed by atoms with E-state index in [-0.39, 0.29) is 5.91 Å². The number of aryl methyl sites for hydroxylation is 3. The fourth-order valence-corrected chi connectivity index (χ4v) is 3.77. The topological polar surface area (TPSA) is 51.0 Å². The predicted octanol–water partition coefficient (Wildman–Crippen LogP) is 4.30. The van der Waals surface area contributed by atoms with Crippen molar-refractivity contribution in [2.24, 2.45) is 0 Å². The maximum atomic E-state index is 13.5. The van der Waals surface area contributed by atoms with Crippen LogP contribution < -0.4 is 4.90 Å². The molecule has 0 bridgehead atoms. The molecule has 0 N–H and O–H groups in total. The SMILES string of the molecule is C=CCN(C(=O)c1cc(C)nc2c1nc1n2CCCCC1)c1ccccc1. The Hall–Kier alpha value is -2.95. The zero-order valence-electron chi connectivity index (χ0n) is 15.7. The number of benzene rings is 1. The summed E-state index contributed by atoms with van der Waals surface area (Å²) in [6.45, 7) is 7.12. The van der Waals surface area contributed by atoms with Crippen LogP contribution in [0.15, 0.2) is 49.1 Å². The van der Waals surface area contributed by atoms with Crippen LogP contribution in [0.4, 0.5) is 5.69 Å². The van der Waals surface area contributed by atoms with Crippen molar-refractivity contribution in [3.8, 4) is 0 Å². The number of imidazole rings is 1. The Morgan fingerprint density at radius 2 is 2.04 bits per heavy atom. The molecule has 5 heteroatoms. The highest BCUT2D eigenvalue weighted by Crippen LogP contribution is 2.26. The number of carbonyl (C=O) groups excluding carboxylic acids is 1. The van der Waals surface area contributed by atoms with Gasteiger partial charge in [0.2, 0.25) is 0 Å². The molecule has 5 nitrogen and oxygen atoms in total. The second-order valence-electron chi connectivity index (χ2n) is 7.01. The highest BCUT2D eigenvalue weighted by atomic mass is 16.2. The van der Waals surface area contributed by atoms with Crippen LogP contribution in [0.2, 0.25) is 0 Å². The molecule has 0 aliphatic carbocycles. The third kappa shape index (κ3) is 3.25. The van der Waals surface area contributed by atoms with E-state index in [4.69, 9.17) is 9.97 Å². The Balaban J connectivity index is 1.84. The van der Waals surface area contributed by atoms with Gasteiger partial charge in [-0.2, -0.15) is 0 Å². The molecule has 0 fully saturated rings. The minimum absolute atomic E-state index is 0.0649. The van der Waals surface area contributed by atoms with Crippen molar-refractivity contribution in [1.29, 1.82) is 0 Å². The van der Waals surface area contributed by atoms with Gasteiger partial charge in [-0.15, -0.1) is 6.58 Å². The van der Waals surface area contributed by atoms with E-state index < -0.39 is 0 Å². The van der Waals surface area contributed by atoms with Crippen molar-refractivity contribution in [3.05, 3.63) is 66.1 Å². The molecule has 0 saturated carbocycles. The van der Waals surface area contributed by atoms with Crippen LogP contribution in [0.25, 0.3) is 11.2 Å². The predicted molar refractivity (Wildman–Crippen MR) is 108 cm³/mol. The fraction of sp³-hybridized carbons (Fsp3) is 0.318. The largest absolute Gasteiger partial charge is 0.313 e. The van der Waals surface area contributed by atoms with E-state index in [0.29, 0.717) is 17.6 Å². The molecule has 1 amide bonds. The lowest BCUT2D eigenvalue weighted by Crippen LogP contribution is -2.31. The third-order valence-electron chi connectivity index (χ3n) is 5.05. The molecule has 138 valence electrons. The lowest BCUT2D eigenvalue weighted by atomic mass is 10.1. The molecule has 1 aliphatic rings. The zero-order chi connectivity index (χ0) is 18.8. The number of pyridine rings is 1. The Morgan fingerprint density at radius 3 is 2.81 bits per heavy atom. The maximum absolute atomic E-state index is 13.5. The molecule has 1 aromatic carbocycles. The summed E-state index contributed by atoms with van der Waals surface area (Å²) >= 11 is 0. The standard InChI is InChI=1S/C22H24N4O/c1-3-13-25(17-10-6-4-7-11-17)22(27)18-15-16(2)23-21-20(18)24-19-12-8-5-9-14-26(19)21/h3-4,6-7,10-11,15H,1,5,8-9,12-14H2,2H3. The van der Waals surface area contributed by atoms with E-state index in [1.807, 2.05) is 43.3 Å². The highest BCUT2D eigenvalue weighted by molar-refractivity contribution is 6.12. The van der Waals surface area contributed by atoms with Crippen LogP contribution in [0.5, 0.6) is 0 Å². The molecule has 1 aliphatic heterocycles. The molecule has 4 rings (SSSR count). The summed E-state index contributed by atoms with van der Waals surface area (Å²) in [7, 11) is 0. The minimum atomic E-state index is -0.0649. The number of hydrogen-bond acceptors (Lipinski definition) is 3. The first-order valence-electron chi connectivity index (χ1n) is 9.53. The molecule has 3 heterocycles. The molecular weight excluding hydrogens is 336 g/mol. The van der Waals surface area contributed by atoms with Gasteiger partial charge in [0.25, 0.3) is 5.91 Å². The Morgan fingerprint density at radius 1 is 1.22 bits per heavy atom. The van der Waals surface area contributed by atoms with Gasteiger partial charge in [0.1, 0.15) is 11.3 Å². The van der Waals surface area contributed by atoms with E-state index in [1.165, 1.54) is 6.42 Å². The lowest BCUT2D eigenvalue weighted by Gasteiger charge is -2.21. The molecule has 0 saturated heterocycles. The number of hydrogen-bond donors (Lipinski definition) is 0. The smallest absolute Gasteiger partial charge is 0.260 e. The van der Waals surface area contributed by atoms with Crippen molar-refractivity contribution in [2.45, 2.75) is 39.2 Å². The zero-order valence-corrected chi connectivity index (χ0v) is 15.7. The second-order valence-corrected chi connectivity index (χ2v) is 7.01. The van der Waals surface area contributed by atoms with Crippen molar-refractivity contribution in [2.75, 3.05) is 11.4 Å². The van der Waals surface area contributed by atoms with Crippen LogP contribution in [-0.4, -0.2) is 27.0 Å². The van der Waals surface area contributed by atoms with Gasteiger partial charge in [0.05, 0.1) is 5.56 Å². The summed E-state index contributed by atoms with van der Waals surface area (Å²) in [5, 5.41) is 0. The van der Waals surface area contributed by atoms with Gasteiger partial charge in [0, 0.05) is 30.9 Å². The number of amides is 1. The Bertz CT molecular complexity index is 990. The van der Waals surface area contributed by atoms with E-state index in [9.17, 15) is 4.79 Å². The van der Waals surface area contributed by atoms with Gasteiger partial charge in [-0.25, -0.2) is 9.97 Å². The number of anilines is 1. The average molecular weight is 360 g/mol. The molecule has 27 heavy (non-hydrogen) atoms. The summed E-state index contributed by atoms with van der Waals surface area (Å²) in [5.41, 5.74) is 3.85. The number of nitrogens with zero attached hydrogens (tertiary/aromatic N) is 4. The Kier molecular flexibility index (Phi) is 4.75. The van der Waals surface area contributed by atoms with Crippen molar-refractivity contribution >= 4 is 22.8 Å². The second kappa shape index (κ2) is 7.35. The minimum Gasteiger partial charge on any atom is -0.313 e. The number of para-hydroxylation sites is 1. The van der Waals surface area contributed by atoms with E-state index in [0.717, 1.165) is 48.7 Å². The van der Waals surface area contributed by atoms with Crippen LogP contribution in [0, 0.1) is 6.92 Å². The molecule has 3 aromatic rings. The number of carbonyl (C=O) groups is 1. The summed E-state index contributed by atoms with van der Waals surface area (Å²) in [6, 6.07) is 11.6. The molecule has 2 aromatic heterocycles. The van der Waals surface area contributed by atoms with E-state index in [2.05, 4.69) is 11.1 Å². The van der Waals surface area contributed by atoms with E-state index in [1.54, 1.807) is 11.0 Å². The normalized spacial score (nSPS) is 13.8. The molecule has 0 atom stereocenters. The third-order valence-corrected chi connectivity index (χ3v) is 5.05. The van der Waals surface area contributed by atoms with Crippen molar-refractivity contribution in [1.82, 2.24) is 14.5 Å². The number of fused-ring (bicyclic) bond motifs is 3. The summed E-state index contributed by atoms with van der Waals surface area (Å²) in [5.74, 6) is 0.981. The first-order valence-corrected chi connectivity index (χ1v) is 9.53. The van der Waals surface area contributed by atoms with Gasteiger partial charge in [0.15, 0.2) is 5.65 Å². The maximum Gasteiger partial charge on any atom is 0.260 e. The van der Waals surface area contributed by atoms with E-state index >= 15 is 0 Å². The quantitative estimate of drug-likeness (QED) is 0.652. The lowest BCUT2D eigenvalue weighted by molar-refractivity contribution is 0.0991. The average Bonchev–Trinajstić information content (AvgIpc) is 2.87. The van der Waals surface area contributed by atoms with Gasteiger partial charge >= 0.3 is 0 Å². The first kappa shape index (κ1) is 17.5. The molecule has 0 radical (unpaired) electrons. The highest BCUT2D eigenvalue weighted by Gasteiger charge is 2.24. The van der Waals surface area contributed by atoms with Crippen LogP contribution in [0.1, 0.15) is 41.1 Å². The van der Waals surface area contributed by atoms with Gasteiger partial charge < -0.3 is 9.47 Å². The first-order chi connectivity index (χ1) is 13.2. The number of rotatable bonds is 4. The van der Waals surface area contributed by atoms with Gasteiger partial charge in [-0.3, -0.25) is 4.79 Å². The van der Waals surface area contributed by atoms with Crippen LogP contribution in [-0.2, 0) is 13.0 Å². The molecular formula is C22H24N4O. The molecule has 0 unspecified atom stereocenters. The number of aromatic nitrogens is 3. The van der Waals surface area contributed by atoms with Gasteiger partial charge in [-0.1, -0.05) is 30.7 Å². The van der Waals surface area contributed by atoms with Crippen LogP contribution >= 0.6 is 0 Å². The van der Waals surface area contributed by atoms with Gasteiger partial charge in [-0.05, 0) is 38.0 Å².